The SMILES string of the molecule is CCCCNc1nc2c(ncn2[C@@H]2O[C@H](COP(=O)(O)OP(=O)(O)OP(=O)(O)O)[C@@H](O)[C@H]2O)c(=O)[nH]1. The number of rotatable bonds is 12. The minimum absolute atomic E-state index is 0.0115. The molecular formula is C14H24N5O14P3. The van der Waals surface area contributed by atoms with Gasteiger partial charge in [-0.2, -0.15) is 13.6 Å². The van der Waals surface area contributed by atoms with Gasteiger partial charge in [0.1, 0.15) is 18.3 Å². The molecule has 0 aliphatic carbocycles. The van der Waals surface area contributed by atoms with E-state index < -0.39 is 60.2 Å². The van der Waals surface area contributed by atoms with Crippen molar-refractivity contribution >= 4 is 40.6 Å². The largest absolute Gasteiger partial charge is 0.490 e. The van der Waals surface area contributed by atoms with Crippen LogP contribution in [0.2, 0.25) is 0 Å². The summed E-state index contributed by atoms with van der Waals surface area (Å²) in [7, 11) is -16.8. The Morgan fingerprint density at radius 3 is 2.47 bits per heavy atom. The van der Waals surface area contributed by atoms with Crippen LogP contribution in [0.3, 0.4) is 0 Å². The Morgan fingerprint density at radius 2 is 1.83 bits per heavy atom. The van der Waals surface area contributed by atoms with Crippen LogP contribution in [0.5, 0.6) is 0 Å². The van der Waals surface area contributed by atoms with E-state index in [1.54, 1.807) is 0 Å². The maximum absolute atomic E-state index is 12.3. The van der Waals surface area contributed by atoms with Gasteiger partial charge in [-0.05, 0) is 6.42 Å². The second-order valence-corrected chi connectivity index (χ2v) is 11.9. The molecule has 1 aliphatic rings. The molecule has 0 aromatic carbocycles. The van der Waals surface area contributed by atoms with Crippen LogP contribution >= 0.6 is 23.5 Å². The molecule has 0 saturated carbocycles. The van der Waals surface area contributed by atoms with Crippen molar-refractivity contribution in [3.05, 3.63) is 16.7 Å². The van der Waals surface area contributed by atoms with Gasteiger partial charge in [-0.25, -0.2) is 18.7 Å². The van der Waals surface area contributed by atoms with Gasteiger partial charge >= 0.3 is 23.5 Å². The van der Waals surface area contributed by atoms with E-state index >= 15 is 0 Å². The molecule has 0 radical (unpaired) electrons. The second-order valence-electron chi connectivity index (χ2n) is 7.45. The minimum Gasteiger partial charge on any atom is -0.387 e. The number of phosphoric acid groups is 3. The fourth-order valence-electron chi connectivity index (χ4n) is 3.15. The summed E-state index contributed by atoms with van der Waals surface area (Å²) in [4.78, 5) is 58.9. The van der Waals surface area contributed by atoms with Gasteiger partial charge in [-0.1, -0.05) is 13.3 Å². The van der Waals surface area contributed by atoms with Gasteiger partial charge in [0.25, 0.3) is 5.56 Å². The topological polar surface area (TPSA) is 285 Å². The number of ether oxygens (including phenoxy) is 1. The molecule has 6 atom stereocenters. The second kappa shape index (κ2) is 11.0. The Bertz CT molecular complexity index is 1280. The Kier molecular flexibility index (Phi) is 8.90. The van der Waals surface area contributed by atoms with Crippen molar-refractivity contribution in [2.45, 2.75) is 44.3 Å². The number of nitrogens with zero attached hydrogens (tertiary/aromatic N) is 3. The fraction of sp³-hybridized carbons (Fsp3) is 0.643. The lowest BCUT2D eigenvalue weighted by Crippen LogP contribution is -2.33. The maximum Gasteiger partial charge on any atom is 0.490 e. The number of hydrogen-bond donors (Lipinski definition) is 8. The van der Waals surface area contributed by atoms with Crippen LogP contribution in [0.25, 0.3) is 11.2 Å². The van der Waals surface area contributed by atoms with Crippen LogP contribution in [0.1, 0.15) is 26.0 Å². The van der Waals surface area contributed by atoms with Gasteiger partial charge in [-0.15, -0.1) is 0 Å². The van der Waals surface area contributed by atoms with Crippen molar-refractivity contribution in [3.8, 4) is 0 Å². The van der Waals surface area contributed by atoms with Gasteiger partial charge in [0.15, 0.2) is 17.4 Å². The summed E-state index contributed by atoms with van der Waals surface area (Å²) in [5.41, 5.74) is -0.699. The molecule has 3 rings (SSSR count). The summed E-state index contributed by atoms with van der Waals surface area (Å²) in [5.74, 6) is 0.125. The van der Waals surface area contributed by atoms with Gasteiger partial charge in [0, 0.05) is 6.54 Å². The number of imidazole rings is 1. The Morgan fingerprint density at radius 1 is 1.14 bits per heavy atom. The zero-order valence-corrected chi connectivity index (χ0v) is 21.0. The maximum atomic E-state index is 12.3. The molecular weight excluding hydrogens is 555 g/mol. The summed E-state index contributed by atoms with van der Waals surface area (Å²) >= 11 is 0. The molecule has 204 valence electrons. The van der Waals surface area contributed by atoms with E-state index in [0.29, 0.717) is 6.54 Å². The third kappa shape index (κ3) is 7.26. The number of fused-ring (bicyclic) bond motifs is 1. The van der Waals surface area contributed by atoms with Gasteiger partial charge in [0.2, 0.25) is 5.95 Å². The Labute approximate surface area is 201 Å². The van der Waals surface area contributed by atoms with E-state index in [0.717, 1.165) is 23.7 Å². The fourth-order valence-corrected chi connectivity index (χ4v) is 6.18. The Balaban J connectivity index is 1.73. The molecule has 0 spiro atoms. The minimum atomic E-state index is -5.74. The first-order valence-corrected chi connectivity index (χ1v) is 14.7. The van der Waals surface area contributed by atoms with Crippen molar-refractivity contribution in [2.75, 3.05) is 18.5 Å². The molecule has 8 N–H and O–H groups in total. The zero-order valence-electron chi connectivity index (χ0n) is 18.3. The molecule has 1 aliphatic heterocycles. The lowest BCUT2D eigenvalue weighted by atomic mass is 10.1. The van der Waals surface area contributed by atoms with Crippen LogP contribution in [0.4, 0.5) is 5.95 Å². The molecule has 1 fully saturated rings. The normalized spacial score (nSPS) is 26.1. The number of hydrogen-bond acceptors (Lipinski definition) is 13. The van der Waals surface area contributed by atoms with Crippen LogP contribution in [-0.2, 0) is 31.6 Å². The molecule has 36 heavy (non-hydrogen) atoms. The number of nitrogens with one attached hydrogen (secondary N) is 2. The summed E-state index contributed by atoms with van der Waals surface area (Å²) in [6.45, 7) is 1.49. The van der Waals surface area contributed by atoms with Crippen LogP contribution < -0.4 is 10.9 Å². The molecule has 19 nitrogen and oxygen atoms in total. The van der Waals surface area contributed by atoms with Crippen LogP contribution in [0.15, 0.2) is 11.1 Å². The molecule has 3 heterocycles. The number of unbranched alkanes of at least 4 members (excludes halogenated alkanes) is 1. The standard InChI is InChI=1S/C14H24N5O14P3/c1-2-3-4-15-14-17-11-8(12(22)18-14)16-6-19(11)13-10(21)9(20)7(31-13)5-30-35(26,27)33-36(28,29)32-34(23,24)25/h6-7,9-10,13,20-21H,2-5H2,1H3,(H,26,27)(H,28,29)(H2,23,24,25)(H2,15,17,18,22)/t7-,9-,10-,13-/m1/s1. The van der Waals surface area contributed by atoms with E-state index in [4.69, 9.17) is 14.5 Å². The summed E-state index contributed by atoms with van der Waals surface area (Å²) in [6, 6.07) is 0. The first kappa shape index (κ1) is 29.0. The highest BCUT2D eigenvalue weighted by Crippen LogP contribution is 2.66. The number of phosphoric ester groups is 1. The molecule has 0 bridgehead atoms. The van der Waals surface area contributed by atoms with E-state index in [-0.39, 0.29) is 17.1 Å². The van der Waals surface area contributed by atoms with E-state index in [1.807, 2.05) is 6.92 Å². The number of H-pyrrole nitrogens is 1. The monoisotopic (exact) mass is 579 g/mol. The quantitative estimate of drug-likeness (QED) is 0.114. The van der Waals surface area contributed by atoms with E-state index in [1.165, 1.54) is 0 Å². The Hall–Kier alpha value is -1.56. The van der Waals surface area contributed by atoms with Crippen molar-refractivity contribution < 1.29 is 61.4 Å². The van der Waals surface area contributed by atoms with E-state index in [9.17, 15) is 38.5 Å². The molecule has 2 unspecified atom stereocenters. The molecule has 1 saturated heterocycles. The first-order chi connectivity index (χ1) is 16.6. The number of aromatic amines is 1. The summed E-state index contributed by atoms with van der Waals surface area (Å²) in [6.07, 6.45) is -3.51. The molecule has 0 amide bonds. The van der Waals surface area contributed by atoms with E-state index in [2.05, 4.69) is 33.4 Å². The average Bonchev–Trinajstić information content (AvgIpc) is 3.26. The summed E-state index contributed by atoms with van der Waals surface area (Å²) < 4.78 is 52.3. The smallest absolute Gasteiger partial charge is 0.387 e. The van der Waals surface area contributed by atoms with Crippen molar-refractivity contribution in [1.82, 2.24) is 19.5 Å². The third-order valence-electron chi connectivity index (χ3n) is 4.68. The van der Waals surface area contributed by atoms with Crippen molar-refractivity contribution in [1.29, 1.82) is 0 Å². The average molecular weight is 579 g/mol. The molecule has 2 aromatic rings. The molecule has 22 heteroatoms. The number of aliphatic hydroxyl groups excluding tert-OH is 2. The number of anilines is 1. The lowest BCUT2D eigenvalue weighted by molar-refractivity contribution is -0.0503. The molecule has 2 aromatic heterocycles. The van der Waals surface area contributed by atoms with Gasteiger partial charge < -0.3 is 39.8 Å². The number of aliphatic hydroxyl groups is 2. The highest BCUT2D eigenvalue weighted by molar-refractivity contribution is 7.66. The predicted octanol–water partition coefficient (Wildman–Crippen LogP) is -0.706. The van der Waals surface area contributed by atoms with Gasteiger partial charge in [-0.3, -0.25) is 18.9 Å². The lowest BCUT2D eigenvalue weighted by Gasteiger charge is -2.19. The third-order valence-corrected chi connectivity index (χ3v) is 8.49. The summed E-state index contributed by atoms with van der Waals surface area (Å²) in [5, 5.41) is 23.7. The van der Waals surface area contributed by atoms with Crippen LogP contribution in [-0.4, -0.2) is 80.8 Å². The highest BCUT2D eigenvalue weighted by Gasteiger charge is 2.47. The predicted molar refractivity (Wildman–Crippen MR) is 117 cm³/mol. The number of aromatic nitrogens is 4. The first-order valence-electron chi connectivity index (χ1n) is 10.1. The van der Waals surface area contributed by atoms with Crippen LogP contribution in [0, 0.1) is 0 Å². The van der Waals surface area contributed by atoms with Crippen molar-refractivity contribution in [2.24, 2.45) is 0 Å². The highest BCUT2D eigenvalue weighted by atomic mass is 31.3. The zero-order chi connectivity index (χ0) is 26.9. The van der Waals surface area contributed by atoms with Gasteiger partial charge in [0.05, 0.1) is 12.9 Å². The van der Waals surface area contributed by atoms with Crippen molar-refractivity contribution in [3.63, 3.8) is 0 Å².